The minimum atomic E-state index is 0.425. The van der Waals surface area contributed by atoms with Gasteiger partial charge in [-0.3, -0.25) is 0 Å². The molecular weight excluding hydrogens is 196 g/mol. The molecule has 2 aromatic heterocycles. The topological polar surface area (TPSA) is 65.4 Å². The molecule has 0 aliphatic rings. The van der Waals surface area contributed by atoms with Crippen LogP contribution in [0.15, 0.2) is 40.8 Å². The fourth-order valence-corrected chi connectivity index (χ4v) is 1.63. The molecule has 2 aromatic rings. The van der Waals surface area contributed by atoms with Crippen molar-refractivity contribution in [1.82, 2.24) is 15.0 Å². The predicted octanol–water partition coefficient (Wildman–Crippen LogP) is 1.83. The highest BCUT2D eigenvalue weighted by Gasteiger charge is 1.99. The van der Waals surface area contributed by atoms with Gasteiger partial charge in [0.1, 0.15) is 11.8 Å². The zero-order valence-corrected chi connectivity index (χ0v) is 7.95. The molecule has 2 rings (SSSR count). The molecule has 68 valence electrons. The van der Waals surface area contributed by atoms with E-state index in [-0.39, 0.29) is 0 Å². The predicted molar refractivity (Wildman–Crippen MR) is 51.7 cm³/mol. The summed E-state index contributed by atoms with van der Waals surface area (Å²) in [5, 5.41) is 9.36. The van der Waals surface area contributed by atoms with Gasteiger partial charge in [0.05, 0.1) is 0 Å². The fourth-order valence-electron chi connectivity index (χ4n) is 0.925. The molecule has 0 aliphatic heterocycles. The van der Waals surface area contributed by atoms with Crippen LogP contribution in [-0.4, -0.2) is 15.0 Å². The Bertz CT molecular complexity index is 441. The first kappa shape index (κ1) is 8.78. The highest BCUT2D eigenvalue weighted by atomic mass is 32.2. The third-order valence-corrected chi connectivity index (χ3v) is 2.43. The van der Waals surface area contributed by atoms with Gasteiger partial charge in [-0.1, -0.05) is 11.8 Å². The lowest BCUT2D eigenvalue weighted by Crippen LogP contribution is -1.82. The lowest BCUT2D eigenvalue weighted by atomic mass is 10.4. The number of hydrogen-bond acceptors (Lipinski definition) is 4. The maximum atomic E-state index is 8.55. The summed E-state index contributed by atoms with van der Waals surface area (Å²) >= 11 is 1.47. The standard InChI is InChI=1S/C9H6N4S/c10-5-7-1-2-8(6-13-7)14-9-11-3-4-12-9/h1-4,6H,(H,11,12). The maximum absolute atomic E-state index is 8.55. The molecule has 5 heteroatoms. The first-order valence-electron chi connectivity index (χ1n) is 3.92. The number of nitrogens with zero attached hydrogens (tertiary/aromatic N) is 3. The molecule has 0 saturated carbocycles. The summed E-state index contributed by atoms with van der Waals surface area (Å²) in [6.45, 7) is 0. The summed E-state index contributed by atoms with van der Waals surface area (Å²) in [5.41, 5.74) is 0.425. The number of rotatable bonds is 2. The zero-order chi connectivity index (χ0) is 9.80. The molecule has 0 atom stereocenters. The summed E-state index contributed by atoms with van der Waals surface area (Å²) in [6, 6.07) is 5.50. The van der Waals surface area contributed by atoms with Gasteiger partial charge in [0.25, 0.3) is 0 Å². The van der Waals surface area contributed by atoms with Crippen LogP contribution < -0.4 is 0 Å². The first-order valence-corrected chi connectivity index (χ1v) is 4.73. The Hall–Kier alpha value is -1.80. The third kappa shape index (κ3) is 1.92. The van der Waals surface area contributed by atoms with Crippen molar-refractivity contribution >= 4 is 11.8 Å². The van der Waals surface area contributed by atoms with Crippen LogP contribution in [0, 0.1) is 11.3 Å². The van der Waals surface area contributed by atoms with Crippen LogP contribution >= 0.6 is 11.8 Å². The quantitative estimate of drug-likeness (QED) is 0.806. The second kappa shape index (κ2) is 3.94. The van der Waals surface area contributed by atoms with Gasteiger partial charge in [0, 0.05) is 23.5 Å². The summed E-state index contributed by atoms with van der Waals surface area (Å²) in [6.07, 6.45) is 5.12. The van der Waals surface area contributed by atoms with E-state index in [0.29, 0.717) is 5.69 Å². The molecule has 0 radical (unpaired) electrons. The average Bonchev–Trinajstić information content (AvgIpc) is 2.72. The number of hydrogen-bond donors (Lipinski definition) is 1. The second-order valence-electron chi connectivity index (χ2n) is 2.49. The molecular formula is C9H6N4S. The van der Waals surface area contributed by atoms with Gasteiger partial charge in [0.2, 0.25) is 0 Å². The Morgan fingerprint density at radius 2 is 2.29 bits per heavy atom. The zero-order valence-electron chi connectivity index (χ0n) is 7.14. The molecule has 0 amide bonds. The molecule has 0 fully saturated rings. The molecule has 0 unspecified atom stereocenters. The van der Waals surface area contributed by atoms with Gasteiger partial charge in [-0.25, -0.2) is 9.97 Å². The molecule has 1 N–H and O–H groups in total. The average molecular weight is 202 g/mol. The van der Waals surface area contributed by atoms with Crippen LogP contribution in [0.5, 0.6) is 0 Å². The minimum absolute atomic E-state index is 0.425. The van der Waals surface area contributed by atoms with Crippen molar-refractivity contribution in [2.45, 2.75) is 10.1 Å². The van der Waals surface area contributed by atoms with E-state index in [9.17, 15) is 0 Å². The Morgan fingerprint density at radius 1 is 1.36 bits per heavy atom. The lowest BCUT2D eigenvalue weighted by Gasteiger charge is -1.96. The summed E-state index contributed by atoms with van der Waals surface area (Å²) in [7, 11) is 0. The van der Waals surface area contributed by atoms with E-state index in [4.69, 9.17) is 5.26 Å². The number of H-pyrrole nitrogens is 1. The summed E-state index contributed by atoms with van der Waals surface area (Å²) < 4.78 is 0. The normalized spacial score (nSPS) is 9.64. The van der Waals surface area contributed by atoms with Crippen LogP contribution in [0.2, 0.25) is 0 Å². The van der Waals surface area contributed by atoms with Crippen molar-refractivity contribution in [2.24, 2.45) is 0 Å². The van der Waals surface area contributed by atoms with E-state index in [1.165, 1.54) is 11.8 Å². The SMILES string of the molecule is N#Cc1ccc(Sc2ncc[nH]2)cn1. The maximum Gasteiger partial charge on any atom is 0.170 e. The monoisotopic (exact) mass is 202 g/mol. The van der Waals surface area contributed by atoms with Crippen LogP contribution in [0.3, 0.4) is 0 Å². The van der Waals surface area contributed by atoms with Crippen LogP contribution in [-0.2, 0) is 0 Å². The molecule has 0 bridgehead atoms. The van der Waals surface area contributed by atoms with E-state index in [1.807, 2.05) is 12.1 Å². The van der Waals surface area contributed by atoms with Crippen LogP contribution in [0.25, 0.3) is 0 Å². The van der Waals surface area contributed by atoms with Crippen molar-refractivity contribution in [1.29, 1.82) is 5.26 Å². The number of pyridine rings is 1. The number of aromatic amines is 1. The van der Waals surface area contributed by atoms with E-state index >= 15 is 0 Å². The van der Waals surface area contributed by atoms with Crippen LogP contribution in [0.1, 0.15) is 5.69 Å². The van der Waals surface area contributed by atoms with Crippen molar-refractivity contribution < 1.29 is 0 Å². The van der Waals surface area contributed by atoms with Gasteiger partial charge in [-0.2, -0.15) is 5.26 Å². The second-order valence-corrected chi connectivity index (χ2v) is 3.55. The van der Waals surface area contributed by atoms with E-state index < -0.39 is 0 Å². The number of nitriles is 1. The van der Waals surface area contributed by atoms with Crippen molar-refractivity contribution in [3.05, 3.63) is 36.4 Å². The number of imidazole rings is 1. The smallest absolute Gasteiger partial charge is 0.170 e. The molecule has 2 heterocycles. The Morgan fingerprint density at radius 3 is 2.86 bits per heavy atom. The van der Waals surface area contributed by atoms with E-state index in [1.54, 1.807) is 24.7 Å². The largest absolute Gasteiger partial charge is 0.339 e. The van der Waals surface area contributed by atoms with Gasteiger partial charge in [-0.05, 0) is 12.1 Å². The van der Waals surface area contributed by atoms with Gasteiger partial charge in [0.15, 0.2) is 5.16 Å². The van der Waals surface area contributed by atoms with E-state index in [2.05, 4.69) is 15.0 Å². The highest BCUT2D eigenvalue weighted by Crippen LogP contribution is 2.22. The Balaban J connectivity index is 2.15. The highest BCUT2D eigenvalue weighted by molar-refractivity contribution is 7.99. The Labute approximate surface area is 85.0 Å². The van der Waals surface area contributed by atoms with Crippen molar-refractivity contribution in [3.63, 3.8) is 0 Å². The van der Waals surface area contributed by atoms with Crippen molar-refractivity contribution in [3.8, 4) is 6.07 Å². The molecule has 0 spiro atoms. The molecule has 0 aromatic carbocycles. The first-order chi connectivity index (χ1) is 6.88. The number of nitrogens with one attached hydrogen (secondary N) is 1. The van der Waals surface area contributed by atoms with E-state index in [0.717, 1.165) is 10.1 Å². The lowest BCUT2D eigenvalue weighted by molar-refractivity contribution is 1.05. The third-order valence-electron chi connectivity index (χ3n) is 1.54. The van der Waals surface area contributed by atoms with Gasteiger partial charge < -0.3 is 4.98 Å². The Kier molecular flexibility index (Phi) is 2.47. The number of aromatic nitrogens is 3. The molecule has 0 saturated heterocycles. The molecule has 4 nitrogen and oxygen atoms in total. The summed E-state index contributed by atoms with van der Waals surface area (Å²) in [5.74, 6) is 0. The summed E-state index contributed by atoms with van der Waals surface area (Å²) in [4.78, 5) is 12.0. The molecule has 14 heavy (non-hydrogen) atoms. The minimum Gasteiger partial charge on any atom is -0.339 e. The fraction of sp³-hybridized carbons (Fsp3) is 0. The molecule has 0 aliphatic carbocycles. The van der Waals surface area contributed by atoms with Crippen LogP contribution in [0.4, 0.5) is 0 Å². The van der Waals surface area contributed by atoms with Gasteiger partial charge >= 0.3 is 0 Å². The van der Waals surface area contributed by atoms with Gasteiger partial charge in [-0.15, -0.1) is 0 Å². The van der Waals surface area contributed by atoms with Crippen molar-refractivity contribution in [2.75, 3.05) is 0 Å².